The van der Waals surface area contributed by atoms with E-state index < -0.39 is 113 Å². The average Bonchev–Trinajstić information content (AvgIpc) is 3.66. The lowest BCUT2D eigenvalue weighted by atomic mass is 9.95. The van der Waals surface area contributed by atoms with Crippen molar-refractivity contribution >= 4 is 58.1 Å². The SMILES string of the molecule is CCC(C)C1NC(=O)C(C)NC(=O)C(CC(C)C)NC(=O)C(C(C)CC)NC(=O)C2CCCN2C(=O)C(C(C)CC)NC(=O)CNC(=O)C(CCS(C)=O)NC1=O. The van der Waals surface area contributed by atoms with E-state index >= 15 is 0 Å². The minimum Gasteiger partial charge on any atom is -0.345 e. The van der Waals surface area contributed by atoms with Crippen molar-refractivity contribution in [2.75, 3.05) is 25.1 Å². The first-order valence-corrected chi connectivity index (χ1v) is 22.2. The molecule has 0 aromatic rings. The number of hydrogen-bond acceptors (Lipinski definition) is 9. The molecule has 11 unspecified atom stereocenters. The van der Waals surface area contributed by atoms with Crippen LogP contribution in [0.5, 0.6) is 0 Å². The molecular weight excluding hydrogens is 757 g/mol. The van der Waals surface area contributed by atoms with Gasteiger partial charge in [-0.15, -0.1) is 0 Å². The van der Waals surface area contributed by atoms with Crippen molar-refractivity contribution in [2.45, 2.75) is 150 Å². The van der Waals surface area contributed by atoms with Crippen LogP contribution in [0.25, 0.3) is 0 Å². The molecule has 324 valence electrons. The fourth-order valence-corrected chi connectivity index (χ4v) is 7.34. The highest BCUT2D eigenvalue weighted by Gasteiger charge is 2.41. The van der Waals surface area contributed by atoms with Gasteiger partial charge in [0, 0.05) is 29.4 Å². The zero-order valence-electron chi connectivity index (χ0n) is 35.5. The summed E-state index contributed by atoms with van der Waals surface area (Å²) in [5, 5.41) is 18.9. The van der Waals surface area contributed by atoms with Gasteiger partial charge in [0.05, 0.1) is 6.54 Å². The van der Waals surface area contributed by atoms with Crippen LogP contribution >= 0.6 is 0 Å². The van der Waals surface area contributed by atoms with Gasteiger partial charge in [0.25, 0.3) is 0 Å². The van der Waals surface area contributed by atoms with E-state index in [1.807, 2.05) is 34.6 Å². The van der Waals surface area contributed by atoms with Gasteiger partial charge in [-0.1, -0.05) is 74.7 Å². The van der Waals surface area contributed by atoms with Crippen LogP contribution in [-0.2, 0) is 49.2 Å². The number of carbonyl (C=O) groups excluding carboxylic acids is 8. The van der Waals surface area contributed by atoms with E-state index in [0.29, 0.717) is 32.1 Å². The summed E-state index contributed by atoms with van der Waals surface area (Å²) in [5.41, 5.74) is 0. The molecule has 0 aromatic heterocycles. The third-order valence-electron chi connectivity index (χ3n) is 11.1. The highest BCUT2D eigenvalue weighted by molar-refractivity contribution is 7.84. The Morgan fingerprint density at radius 1 is 0.649 bits per heavy atom. The molecule has 0 saturated carbocycles. The second-order valence-electron chi connectivity index (χ2n) is 16.1. The Morgan fingerprint density at radius 3 is 1.70 bits per heavy atom. The maximum absolute atomic E-state index is 14.1. The maximum Gasteiger partial charge on any atom is 0.246 e. The Hall–Kier alpha value is -4.09. The van der Waals surface area contributed by atoms with Crippen molar-refractivity contribution in [1.29, 1.82) is 0 Å². The number of fused-ring (bicyclic) bond motifs is 1. The van der Waals surface area contributed by atoms with Gasteiger partial charge >= 0.3 is 0 Å². The highest BCUT2D eigenvalue weighted by Crippen LogP contribution is 2.23. The fraction of sp³-hybridized carbons (Fsp3) is 0.795. The summed E-state index contributed by atoms with van der Waals surface area (Å²) < 4.78 is 12.0. The zero-order chi connectivity index (χ0) is 43.1. The summed E-state index contributed by atoms with van der Waals surface area (Å²) >= 11 is 0. The first kappa shape index (κ1) is 49.1. The summed E-state index contributed by atoms with van der Waals surface area (Å²) in [6.07, 6.45) is 3.93. The molecule has 17 nitrogen and oxygen atoms in total. The minimum atomic E-state index is -1.33. The van der Waals surface area contributed by atoms with Gasteiger partial charge in [-0.05, 0) is 56.3 Å². The topological polar surface area (TPSA) is 241 Å². The maximum atomic E-state index is 14.1. The first-order chi connectivity index (χ1) is 26.7. The van der Waals surface area contributed by atoms with Crippen LogP contribution in [0, 0.1) is 23.7 Å². The molecule has 0 radical (unpaired) electrons. The van der Waals surface area contributed by atoms with E-state index in [4.69, 9.17) is 0 Å². The molecule has 0 spiro atoms. The van der Waals surface area contributed by atoms with Gasteiger partial charge in [0.2, 0.25) is 47.3 Å². The summed E-state index contributed by atoms with van der Waals surface area (Å²) in [5.74, 6) is -6.17. The molecule has 18 heteroatoms. The standard InChI is InChI=1S/C39H68N8O9S/c1-11-22(6)30-37(53)42-26(16-18-57(10)56)34(50)40-20-29(48)44-32(24(8)13-3)39(55)47-17-14-15-28(47)36(52)46-31(23(7)12-2)38(54)43-27(19-21(4)5)35(51)41-25(9)33(49)45-30/h21-28,30-32H,11-20H2,1-10H3,(H,40,50)(H,41,51)(H,42,53)(H,43,54)(H,44,48)(H,45,49)(H,46,52). The number of hydrogen-bond donors (Lipinski definition) is 7. The molecule has 2 aliphatic rings. The second-order valence-corrected chi connectivity index (χ2v) is 17.7. The normalized spacial score (nSPS) is 29.0. The number of carbonyl (C=O) groups is 8. The Balaban J connectivity index is 2.62. The largest absolute Gasteiger partial charge is 0.345 e. The summed E-state index contributed by atoms with van der Waals surface area (Å²) in [6, 6.07) is -7.61. The van der Waals surface area contributed by atoms with Crippen molar-refractivity contribution in [3.05, 3.63) is 0 Å². The van der Waals surface area contributed by atoms with E-state index in [1.165, 1.54) is 18.1 Å². The predicted octanol–water partition coefficient (Wildman–Crippen LogP) is -0.0111. The van der Waals surface area contributed by atoms with Gasteiger partial charge in [-0.3, -0.25) is 42.6 Å². The number of nitrogens with one attached hydrogen (secondary N) is 7. The van der Waals surface area contributed by atoms with Crippen LogP contribution in [0.4, 0.5) is 0 Å². The molecule has 7 N–H and O–H groups in total. The smallest absolute Gasteiger partial charge is 0.246 e. The molecule has 8 amide bonds. The minimum absolute atomic E-state index is 0.0385. The van der Waals surface area contributed by atoms with E-state index in [2.05, 4.69) is 37.2 Å². The van der Waals surface area contributed by atoms with Gasteiger partial charge in [-0.2, -0.15) is 0 Å². The molecule has 2 saturated heterocycles. The molecule has 2 fully saturated rings. The quantitative estimate of drug-likeness (QED) is 0.148. The highest BCUT2D eigenvalue weighted by atomic mass is 32.2. The Morgan fingerprint density at radius 2 is 1.18 bits per heavy atom. The van der Waals surface area contributed by atoms with Crippen LogP contribution in [0.15, 0.2) is 0 Å². The Labute approximate surface area is 340 Å². The van der Waals surface area contributed by atoms with Gasteiger partial charge < -0.3 is 42.1 Å². The first-order valence-electron chi connectivity index (χ1n) is 20.4. The van der Waals surface area contributed by atoms with Crippen LogP contribution in [0.3, 0.4) is 0 Å². The van der Waals surface area contributed by atoms with Gasteiger partial charge in [0.1, 0.15) is 42.3 Å². The zero-order valence-corrected chi connectivity index (χ0v) is 36.3. The Bertz CT molecular complexity index is 1480. The lowest BCUT2D eigenvalue weighted by molar-refractivity contribution is -0.143. The molecular formula is C39H68N8O9S. The molecule has 0 aromatic carbocycles. The van der Waals surface area contributed by atoms with Gasteiger partial charge in [0.15, 0.2) is 0 Å². The molecule has 2 heterocycles. The van der Waals surface area contributed by atoms with Crippen molar-refractivity contribution in [2.24, 2.45) is 23.7 Å². The van der Waals surface area contributed by atoms with E-state index in [1.54, 1.807) is 20.8 Å². The fourth-order valence-electron chi connectivity index (χ4n) is 6.77. The third kappa shape index (κ3) is 14.7. The third-order valence-corrected chi connectivity index (χ3v) is 11.9. The van der Waals surface area contributed by atoms with E-state index in [0.717, 1.165) is 0 Å². The molecule has 57 heavy (non-hydrogen) atoms. The molecule has 0 bridgehead atoms. The van der Waals surface area contributed by atoms with Crippen molar-refractivity contribution < 1.29 is 42.6 Å². The number of rotatable bonds is 11. The number of nitrogens with zero attached hydrogens (tertiary/aromatic N) is 1. The van der Waals surface area contributed by atoms with Crippen LogP contribution in [0.2, 0.25) is 0 Å². The average molecular weight is 825 g/mol. The van der Waals surface area contributed by atoms with Crippen molar-refractivity contribution in [1.82, 2.24) is 42.1 Å². The summed E-state index contributed by atoms with van der Waals surface area (Å²) in [6.45, 7) is 15.8. The van der Waals surface area contributed by atoms with Crippen LogP contribution < -0.4 is 37.2 Å². The molecule has 0 aliphatic carbocycles. The second kappa shape index (κ2) is 23.3. The predicted molar refractivity (Wildman–Crippen MR) is 216 cm³/mol. The summed E-state index contributed by atoms with van der Waals surface area (Å²) in [7, 11) is -1.33. The lowest BCUT2D eigenvalue weighted by Gasteiger charge is -2.33. The summed E-state index contributed by atoms with van der Waals surface area (Å²) in [4.78, 5) is 111. The molecule has 2 aliphatic heterocycles. The Kier molecular flexibility index (Phi) is 20.1. The van der Waals surface area contributed by atoms with Crippen LogP contribution in [0.1, 0.15) is 107 Å². The van der Waals surface area contributed by atoms with E-state index in [-0.39, 0.29) is 42.9 Å². The van der Waals surface area contributed by atoms with Gasteiger partial charge in [-0.25, -0.2) is 0 Å². The van der Waals surface area contributed by atoms with Crippen LogP contribution in [-0.4, -0.2) is 124 Å². The number of amides is 8. The van der Waals surface area contributed by atoms with Crippen molar-refractivity contribution in [3.63, 3.8) is 0 Å². The lowest BCUT2D eigenvalue weighted by Crippen LogP contribution is -2.61. The van der Waals surface area contributed by atoms with E-state index in [9.17, 15) is 42.6 Å². The van der Waals surface area contributed by atoms with Crippen molar-refractivity contribution in [3.8, 4) is 0 Å². The molecule has 2 rings (SSSR count). The molecule has 11 atom stereocenters. The monoisotopic (exact) mass is 824 g/mol.